The predicted molar refractivity (Wildman–Crippen MR) is 72.4 cm³/mol. The number of carboxylic acids is 1. The number of carboxylic acid groups (broad SMARTS) is 1. The van der Waals surface area contributed by atoms with Gasteiger partial charge in [0.1, 0.15) is 11.9 Å². The van der Waals surface area contributed by atoms with Gasteiger partial charge in [0, 0.05) is 0 Å². The molecule has 0 aromatic rings. The van der Waals surface area contributed by atoms with Crippen molar-refractivity contribution in [2.45, 2.75) is 38.7 Å². The minimum atomic E-state index is -0.613. The van der Waals surface area contributed by atoms with E-state index in [1.807, 2.05) is 6.92 Å². The Kier molecular flexibility index (Phi) is 2.95. The monoisotopic (exact) mass is 262 g/mol. The summed E-state index contributed by atoms with van der Waals surface area (Å²) >= 11 is 0. The van der Waals surface area contributed by atoms with E-state index in [9.17, 15) is 9.90 Å². The first-order valence-corrected chi connectivity index (χ1v) is 7.21. The molecule has 0 aromatic heterocycles. The summed E-state index contributed by atoms with van der Waals surface area (Å²) < 4.78 is 5.97. The zero-order chi connectivity index (χ0) is 13.7. The molecule has 0 saturated heterocycles. The normalized spacial score (nSPS) is 43.0. The third-order valence-electron chi connectivity index (χ3n) is 5.53. The highest BCUT2D eigenvalue weighted by Crippen LogP contribution is 2.61. The van der Waals surface area contributed by atoms with Gasteiger partial charge in [-0.05, 0) is 61.9 Å². The quantitative estimate of drug-likeness (QED) is 0.625. The lowest BCUT2D eigenvalue weighted by molar-refractivity contribution is -0.141. The van der Waals surface area contributed by atoms with Crippen molar-refractivity contribution in [2.75, 3.05) is 0 Å². The van der Waals surface area contributed by atoms with Crippen LogP contribution in [-0.2, 0) is 9.53 Å². The van der Waals surface area contributed by atoms with Crippen LogP contribution in [0.3, 0.4) is 0 Å². The van der Waals surface area contributed by atoms with Gasteiger partial charge in [0.15, 0.2) is 0 Å². The van der Waals surface area contributed by atoms with E-state index in [0.29, 0.717) is 29.4 Å². The molecule has 6 atom stereocenters. The van der Waals surface area contributed by atoms with Gasteiger partial charge < -0.3 is 9.84 Å². The van der Waals surface area contributed by atoms with Crippen molar-refractivity contribution in [3.63, 3.8) is 0 Å². The molecule has 3 heteroatoms. The summed E-state index contributed by atoms with van der Waals surface area (Å²) in [6.45, 7) is 9.68. The van der Waals surface area contributed by atoms with Crippen molar-refractivity contribution in [1.82, 2.24) is 0 Å². The lowest BCUT2D eigenvalue weighted by atomic mass is 9.80. The van der Waals surface area contributed by atoms with Crippen LogP contribution in [0.5, 0.6) is 0 Å². The van der Waals surface area contributed by atoms with Gasteiger partial charge >= 0.3 is 5.97 Å². The zero-order valence-electron chi connectivity index (χ0n) is 11.5. The maximum Gasteiger partial charge on any atom is 0.306 e. The zero-order valence-corrected chi connectivity index (χ0v) is 11.5. The minimum Gasteiger partial charge on any atom is -0.490 e. The smallest absolute Gasteiger partial charge is 0.306 e. The SMILES string of the molecule is C=C(C)C(=C)OC1CC2CC1C1CC(C(=O)O)CC21. The van der Waals surface area contributed by atoms with Crippen LogP contribution in [0.4, 0.5) is 0 Å². The summed E-state index contributed by atoms with van der Waals surface area (Å²) in [5.41, 5.74) is 0.883. The van der Waals surface area contributed by atoms with E-state index in [-0.39, 0.29) is 12.0 Å². The number of ether oxygens (including phenoxy) is 1. The molecule has 104 valence electrons. The molecule has 0 radical (unpaired) electrons. The van der Waals surface area contributed by atoms with Crippen molar-refractivity contribution >= 4 is 5.97 Å². The molecule has 0 aliphatic heterocycles. The molecule has 0 aromatic carbocycles. The number of hydrogen-bond acceptors (Lipinski definition) is 2. The molecule has 3 nitrogen and oxygen atoms in total. The van der Waals surface area contributed by atoms with Crippen molar-refractivity contribution in [1.29, 1.82) is 0 Å². The highest BCUT2D eigenvalue weighted by molar-refractivity contribution is 5.70. The fraction of sp³-hybridized carbons (Fsp3) is 0.688. The van der Waals surface area contributed by atoms with Crippen molar-refractivity contribution < 1.29 is 14.6 Å². The summed E-state index contributed by atoms with van der Waals surface area (Å²) in [6, 6.07) is 0. The predicted octanol–water partition coefficient (Wildman–Crippen LogP) is 3.23. The van der Waals surface area contributed by atoms with Crippen LogP contribution in [0.15, 0.2) is 24.5 Å². The van der Waals surface area contributed by atoms with E-state index in [2.05, 4.69) is 13.2 Å². The molecule has 0 amide bonds. The fourth-order valence-corrected chi connectivity index (χ4v) is 4.63. The highest BCUT2D eigenvalue weighted by Gasteiger charge is 2.57. The molecule has 3 rings (SSSR count). The van der Waals surface area contributed by atoms with Gasteiger partial charge in [0.05, 0.1) is 5.92 Å². The lowest BCUT2D eigenvalue weighted by Crippen LogP contribution is -2.30. The van der Waals surface area contributed by atoms with Gasteiger partial charge in [-0.25, -0.2) is 0 Å². The van der Waals surface area contributed by atoms with Crippen molar-refractivity contribution in [3.05, 3.63) is 24.5 Å². The van der Waals surface area contributed by atoms with Crippen LogP contribution in [-0.4, -0.2) is 17.2 Å². The molecule has 3 aliphatic carbocycles. The average molecular weight is 262 g/mol. The standard InChI is InChI=1S/C16H22O3/c1-8(2)9(3)19-15-7-10-4-14(15)13-6-11(16(17)18)5-12(10)13/h10-15H,1,3-7H2,2H3,(H,17,18). The number of rotatable bonds is 4. The van der Waals surface area contributed by atoms with Gasteiger partial charge in [-0.3, -0.25) is 4.79 Å². The van der Waals surface area contributed by atoms with Crippen molar-refractivity contribution in [3.8, 4) is 0 Å². The largest absolute Gasteiger partial charge is 0.490 e. The van der Waals surface area contributed by atoms with Gasteiger partial charge in [0.2, 0.25) is 0 Å². The van der Waals surface area contributed by atoms with E-state index in [0.717, 1.165) is 24.8 Å². The second-order valence-electron chi connectivity index (χ2n) is 6.59. The third kappa shape index (κ3) is 1.99. The second kappa shape index (κ2) is 4.39. The summed E-state index contributed by atoms with van der Waals surface area (Å²) in [6.07, 6.45) is 4.26. The number of allylic oxidation sites excluding steroid dienone is 1. The number of hydrogen-bond donors (Lipinski definition) is 1. The molecule has 1 N–H and O–H groups in total. The number of aliphatic carboxylic acids is 1. The van der Waals surface area contributed by atoms with E-state index in [1.165, 1.54) is 6.42 Å². The molecule has 0 heterocycles. The Bertz CT molecular complexity index is 439. The fourth-order valence-electron chi connectivity index (χ4n) is 4.63. The third-order valence-corrected chi connectivity index (χ3v) is 5.53. The van der Waals surface area contributed by atoms with Gasteiger partial charge in [-0.1, -0.05) is 13.2 Å². The van der Waals surface area contributed by atoms with Crippen LogP contribution >= 0.6 is 0 Å². The maximum atomic E-state index is 11.2. The van der Waals surface area contributed by atoms with Crippen molar-refractivity contribution in [2.24, 2.45) is 29.6 Å². The van der Waals surface area contributed by atoms with E-state index in [1.54, 1.807) is 0 Å². The topological polar surface area (TPSA) is 46.5 Å². The first-order chi connectivity index (χ1) is 8.97. The average Bonchev–Trinajstić information content (AvgIpc) is 2.97. The molecule has 3 saturated carbocycles. The molecule has 6 unspecified atom stereocenters. The summed E-state index contributed by atoms with van der Waals surface area (Å²) in [4.78, 5) is 11.2. The first-order valence-electron chi connectivity index (χ1n) is 7.21. The Morgan fingerprint density at radius 3 is 2.42 bits per heavy atom. The molecular weight excluding hydrogens is 240 g/mol. The van der Waals surface area contributed by atoms with Gasteiger partial charge in [0.25, 0.3) is 0 Å². The van der Waals surface area contributed by atoms with Crippen LogP contribution in [0.2, 0.25) is 0 Å². The van der Waals surface area contributed by atoms with Crippen LogP contribution in [0, 0.1) is 29.6 Å². The molecule has 0 spiro atoms. The van der Waals surface area contributed by atoms with Gasteiger partial charge in [-0.2, -0.15) is 0 Å². The highest BCUT2D eigenvalue weighted by atomic mass is 16.5. The Labute approximate surface area is 114 Å². The van der Waals surface area contributed by atoms with Crippen LogP contribution < -0.4 is 0 Å². The molecule has 19 heavy (non-hydrogen) atoms. The van der Waals surface area contributed by atoms with Crippen LogP contribution in [0.1, 0.15) is 32.6 Å². The lowest BCUT2D eigenvalue weighted by Gasteiger charge is -2.32. The summed E-state index contributed by atoms with van der Waals surface area (Å²) in [5, 5.41) is 9.19. The number of fused-ring (bicyclic) bond motifs is 5. The van der Waals surface area contributed by atoms with Gasteiger partial charge in [-0.15, -0.1) is 0 Å². The maximum absolute atomic E-state index is 11.2. The van der Waals surface area contributed by atoms with Crippen LogP contribution in [0.25, 0.3) is 0 Å². The molecule has 2 bridgehead atoms. The first kappa shape index (κ1) is 12.8. The molecule has 3 fully saturated rings. The Morgan fingerprint density at radius 1 is 1.11 bits per heavy atom. The minimum absolute atomic E-state index is 0.122. The van der Waals surface area contributed by atoms with E-state index >= 15 is 0 Å². The summed E-state index contributed by atoms with van der Waals surface area (Å²) in [7, 11) is 0. The Hall–Kier alpha value is -1.25. The Balaban J connectivity index is 1.68. The Morgan fingerprint density at radius 2 is 1.79 bits per heavy atom. The second-order valence-corrected chi connectivity index (χ2v) is 6.59. The molecule has 3 aliphatic rings. The number of carbonyl (C=O) groups is 1. The van der Waals surface area contributed by atoms with E-state index < -0.39 is 5.97 Å². The summed E-state index contributed by atoms with van der Waals surface area (Å²) in [5.74, 6) is 2.35. The van der Waals surface area contributed by atoms with E-state index in [4.69, 9.17) is 4.74 Å². The molecular formula is C16H22O3.